The second-order valence-corrected chi connectivity index (χ2v) is 8.88. The van der Waals surface area contributed by atoms with Crippen LogP contribution in [0, 0.1) is 13.8 Å². The average molecular weight is 502 g/mol. The fourth-order valence-corrected chi connectivity index (χ4v) is 3.63. The highest BCUT2D eigenvalue weighted by Crippen LogP contribution is 2.29. The summed E-state index contributed by atoms with van der Waals surface area (Å²) in [6, 6.07) is 4.92. The normalized spacial score (nSPS) is 11.6. The van der Waals surface area contributed by atoms with Gasteiger partial charge in [0, 0.05) is 31.1 Å². The van der Waals surface area contributed by atoms with E-state index in [0.29, 0.717) is 34.4 Å². The molecular formula is C23H21Cl2N5O4. The number of oxazole rings is 1. The Morgan fingerprint density at radius 2 is 1.91 bits per heavy atom. The second-order valence-electron chi connectivity index (χ2n) is 8.10. The Labute approximate surface area is 205 Å². The highest BCUT2D eigenvalue weighted by molar-refractivity contribution is 6.33. The van der Waals surface area contributed by atoms with Crippen molar-refractivity contribution in [2.24, 2.45) is 0 Å². The number of aryl methyl sites for hydroxylation is 2. The Bertz CT molecular complexity index is 1430. The molecule has 0 aromatic carbocycles. The van der Waals surface area contributed by atoms with Crippen LogP contribution in [0.2, 0.25) is 10.0 Å². The number of hydrogen-bond donors (Lipinski definition) is 1. The van der Waals surface area contributed by atoms with Gasteiger partial charge in [-0.1, -0.05) is 23.2 Å². The molecular weight excluding hydrogens is 481 g/mol. The zero-order chi connectivity index (χ0) is 24.6. The summed E-state index contributed by atoms with van der Waals surface area (Å²) in [5.41, 5.74) is 0.658. The molecule has 176 valence electrons. The zero-order valence-electron chi connectivity index (χ0n) is 18.8. The van der Waals surface area contributed by atoms with Crippen LogP contribution in [0.5, 0.6) is 5.75 Å². The summed E-state index contributed by atoms with van der Waals surface area (Å²) in [5.74, 6) is 0.971. The molecule has 4 aromatic rings. The molecule has 0 unspecified atom stereocenters. The van der Waals surface area contributed by atoms with E-state index in [0.717, 1.165) is 0 Å². The van der Waals surface area contributed by atoms with Crippen molar-refractivity contribution in [2.75, 3.05) is 0 Å². The van der Waals surface area contributed by atoms with Crippen molar-refractivity contribution in [1.82, 2.24) is 24.5 Å². The van der Waals surface area contributed by atoms with Crippen LogP contribution in [-0.2, 0) is 12.2 Å². The number of nitrogens with zero attached hydrogens (tertiary/aromatic N) is 5. The quantitative estimate of drug-likeness (QED) is 0.412. The van der Waals surface area contributed by atoms with Crippen LogP contribution in [-0.4, -0.2) is 29.6 Å². The van der Waals surface area contributed by atoms with Crippen LogP contribution < -0.4 is 10.3 Å². The van der Waals surface area contributed by atoms with Crippen molar-refractivity contribution in [3.8, 4) is 22.8 Å². The molecule has 0 bridgehead atoms. The van der Waals surface area contributed by atoms with Crippen LogP contribution in [0.25, 0.3) is 17.1 Å². The first-order valence-electron chi connectivity index (χ1n) is 10.2. The molecule has 0 spiro atoms. The number of aliphatic hydroxyl groups is 1. The lowest BCUT2D eigenvalue weighted by Crippen LogP contribution is -2.22. The van der Waals surface area contributed by atoms with Gasteiger partial charge in [0.2, 0.25) is 0 Å². The maximum Gasteiger partial charge on any atom is 0.277 e. The monoisotopic (exact) mass is 501 g/mol. The number of ether oxygens (including phenoxy) is 1. The number of aromatic nitrogens is 5. The number of halogens is 2. The maximum atomic E-state index is 13.2. The minimum atomic E-state index is -1.23. The van der Waals surface area contributed by atoms with E-state index in [1.807, 2.05) is 0 Å². The molecule has 0 aliphatic heterocycles. The van der Waals surface area contributed by atoms with Crippen molar-refractivity contribution in [2.45, 2.75) is 39.9 Å². The molecule has 0 fully saturated rings. The van der Waals surface area contributed by atoms with E-state index in [-0.39, 0.29) is 28.2 Å². The molecule has 0 atom stereocenters. The van der Waals surface area contributed by atoms with Gasteiger partial charge in [0.1, 0.15) is 34.9 Å². The molecule has 0 radical (unpaired) electrons. The molecule has 1 N–H and O–H groups in total. The third-order valence-corrected chi connectivity index (χ3v) is 5.52. The van der Waals surface area contributed by atoms with Gasteiger partial charge in [0.25, 0.3) is 5.56 Å². The number of rotatable bonds is 6. The van der Waals surface area contributed by atoms with Crippen molar-refractivity contribution < 1.29 is 14.3 Å². The molecule has 4 rings (SSSR count). The standard InChI is InChI=1S/C23H21Cl2N5O4/c1-12-7-19(34-11-14-10-33-13(2)28-14)20(25)21(31)30(12)18-8-17(27-9-15(18)24)16-5-6-26-22(29-16)23(3,4)32/h5-10,32H,11H2,1-4H3. The second kappa shape index (κ2) is 9.17. The highest BCUT2D eigenvalue weighted by atomic mass is 35.5. The van der Waals surface area contributed by atoms with Crippen LogP contribution in [0.15, 0.2) is 46.1 Å². The summed E-state index contributed by atoms with van der Waals surface area (Å²) in [5, 5.41) is 10.4. The van der Waals surface area contributed by atoms with E-state index in [1.165, 1.54) is 23.2 Å². The lowest BCUT2D eigenvalue weighted by atomic mass is 10.1. The van der Waals surface area contributed by atoms with Crippen molar-refractivity contribution in [3.63, 3.8) is 0 Å². The summed E-state index contributed by atoms with van der Waals surface area (Å²) >= 11 is 12.8. The minimum absolute atomic E-state index is 0.0946. The molecule has 11 heteroatoms. The van der Waals surface area contributed by atoms with Gasteiger partial charge in [-0.3, -0.25) is 14.3 Å². The smallest absolute Gasteiger partial charge is 0.277 e. The van der Waals surface area contributed by atoms with Gasteiger partial charge >= 0.3 is 0 Å². The van der Waals surface area contributed by atoms with Crippen LogP contribution >= 0.6 is 23.2 Å². The molecule has 0 saturated heterocycles. The first-order chi connectivity index (χ1) is 16.0. The van der Waals surface area contributed by atoms with Gasteiger partial charge in [-0.05, 0) is 32.9 Å². The summed E-state index contributed by atoms with van der Waals surface area (Å²) in [6.45, 7) is 6.73. The lowest BCUT2D eigenvalue weighted by Gasteiger charge is -2.17. The van der Waals surface area contributed by atoms with Gasteiger partial charge in [0.05, 0.1) is 22.1 Å². The van der Waals surface area contributed by atoms with Gasteiger partial charge in [0.15, 0.2) is 11.7 Å². The molecule has 9 nitrogen and oxygen atoms in total. The van der Waals surface area contributed by atoms with E-state index in [4.69, 9.17) is 32.4 Å². The van der Waals surface area contributed by atoms with Gasteiger partial charge in [-0.25, -0.2) is 15.0 Å². The Balaban J connectivity index is 1.73. The summed E-state index contributed by atoms with van der Waals surface area (Å²) in [4.78, 5) is 30.2. The van der Waals surface area contributed by atoms with Crippen LogP contribution in [0.4, 0.5) is 0 Å². The first-order valence-corrected chi connectivity index (χ1v) is 11.0. The van der Waals surface area contributed by atoms with Gasteiger partial charge in [-0.2, -0.15) is 0 Å². The maximum absolute atomic E-state index is 13.2. The Hall–Kier alpha value is -3.27. The molecule has 4 heterocycles. The minimum Gasteiger partial charge on any atom is -0.485 e. The average Bonchev–Trinajstić information content (AvgIpc) is 3.21. The van der Waals surface area contributed by atoms with Crippen molar-refractivity contribution in [1.29, 1.82) is 0 Å². The molecule has 0 aliphatic rings. The lowest BCUT2D eigenvalue weighted by molar-refractivity contribution is 0.0688. The number of hydrogen-bond acceptors (Lipinski definition) is 8. The Morgan fingerprint density at radius 1 is 1.15 bits per heavy atom. The first kappa shape index (κ1) is 23.9. The third-order valence-electron chi connectivity index (χ3n) is 4.88. The van der Waals surface area contributed by atoms with E-state index >= 15 is 0 Å². The largest absolute Gasteiger partial charge is 0.485 e. The molecule has 4 aromatic heterocycles. The summed E-state index contributed by atoms with van der Waals surface area (Å²) in [6.07, 6.45) is 4.43. The Morgan fingerprint density at radius 3 is 2.59 bits per heavy atom. The van der Waals surface area contributed by atoms with Gasteiger partial charge in [-0.15, -0.1) is 0 Å². The fraction of sp³-hybridized carbons (Fsp3) is 0.261. The van der Waals surface area contributed by atoms with Crippen molar-refractivity contribution >= 4 is 23.2 Å². The van der Waals surface area contributed by atoms with Gasteiger partial charge < -0.3 is 14.3 Å². The molecule has 34 heavy (non-hydrogen) atoms. The van der Waals surface area contributed by atoms with E-state index < -0.39 is 11.2 Å². The fourth-order valence-electron chi connectivity index (χ4n) is 3.25. The molecule has 0 saturated carbocycles. The summed E-state index contributed by atoms with van der Waals surface area (Å²) in [7, 11) is 0. The molecule has 0 aliphatic carbocycles. The van der Waals surface area contributed by atoms with Crippen molar-refractivity contribution in [3.05, 3.63) is 80.4 Å². The number of pyridine rings is 2. The van der Waals surface area contributed by atoms with E-state index in [1.54, 1.807) is 45.9 Å². The van der Waals surface area contributed by atoms with E-state index in [9.17, 15) is 9.90 Å². The third kappa shape index (κ3) is 4.82. The summed E-state index contributed by atoms with van der Waals surface area (Å²) < 4.78 is 12.2. The van der Waals surface area contributed by atoms with Crippen LogP contribution in [0.1, 0.15) is 37.0 Å². The molecule has 0 amide bonds. The predicted octanol–water partition coefficient (Wildman–Crippen LogP) is 4.41. The van der Waals surface area contributed by atoms with E-state index in [2.05, 4.69) is 19.9 Å². The zero-order valence-corrected chi connectivity index (χ0v) is 20.3. The Kier molecular flexibility index (Phi) is 6.44. The topological polar surface area (TPSA) is 116 Å². The highest BCUT2D eigenvalue weighted by Gasteiger charge is 2.21. The SMILES string of the molecule is Cc1nc(COc2cc(C)n(-c3cc(-c4ccnc(C(C)(C)O)n4)ncc3Cl)c(=O)c2Cl)co1. The predicted molar refractivity (Wildman–Crippen MR) is 126 cm³/mol. The van der Waals surface area contributed by atoms with Crippen LogP contribution in [0.3, 0.4) is 0 Å².